The van der Waals surface area contributed by atoms with E-state index in [-0.39, 0.29) is 0 Å². The van der Waals surface area contributed by atoms with Gasteiger partial charge in [0.25, 0.3) is 0 Å². The van der Waals surface area contributed by atoms with E-state index in [0.29, 0.717) is 11.8 Å². The third-order valence-electron chi connectivity index (χ3n) is 5.01. The van der Waals surface area contributed by atoms with Gasteiger partial charge >= 0.3 is 0 Å². The van der Waals surface area contributed by atoms with Crippen LogP contribution in [0.4, 0.5) is 0 Å². The Bertz CT molecular complexity index is 843. The monoisotopic (exact) mass is 383 g/mol. The fourth-order valence-electron chi connectivity index (χ4n) is 4.21. The van der Waals surface area contributed by atoms with Crippen LogP contribution in [0.15, 0.2) is 54.7 Å². The highest BCUT2D eigenvalue weighted by atomic mass is 127. The van der Waals surface area contributed by atoms with Crippen molar-refractivity contribution in [2.45, 2.75) is 11.8 Å². The highest BCUT2D eigenvalue weighted by Crippen LogP contribution is 2.56. The Hall–Kier alpha value is -1.55. The Morgan fingerprint density at radius 1 is 0.762 bits per heavy atom. The maximum Gasteiger partial charge on any atom is 0.0840 e. The van der Waals surface area contributed by atoms with Gasteiger partial charge in [-0.25, -0.2) is 0 Å². The summed E-state index contributed by atoms with van der Waals surface area (Å²) < 4.78 is 3.66. The van der Waals surface area contributed by atoms with Crippen molar-refractivity contribution in [2.75, 3.05) is 0 Å². The molecule has 0 amide bonds. The number of halogens is 1. The first kappa shape index (κ1) is 12.0. The summed E-state index contributed by atoms with van der Waals surface area (Å²) in [6.45, 7) is 0. The van der Waals surface area contributed by atoms with E-state index in [1.54, 1.807) is 0 Å². The second-order valence-corrected chi connectivity index (χ2v) is 7.05. The molecule has 0 N–H and O–H groups in total. The zero-order chi connectivity index (χ0) is 14.1. The number of aryl methyl sites for hydroxylation is 1. The van der Waals surface area contributed by atoms with Crippen LogP contribution in [0, 0.1) is 3.70 Å². The Morgan fingerprint density at radius 3 is 1.76 bits per heavy atom. The lowest BCUT2D eigenvalue weighted by Gasteiger charge is -2.40. The van der Waals surface area contributed by atoms with Crippen molar-refractivity contribution in [1.82, 2.24) is 4.57 Å². The number of hydrogen-bond acceptors (Lipinski definition) is 0. The van der Waals surface area contributed by atoms with Gasteiger partial charge in [-0.1, -0.05) is 48.5 Å². The van der Waals surface area contributed by atoms with Crippen LogP contribution in [0.3, 0.4) is 0 Å². The molecule has 0 atom stereocenters. The highest BCUT2D eigenvalue weighted by Gasteiger charge is 2.43. The lowest BCUT2D eigenvalue weighted by Crippen LogP contribution is -2.26. The van der Waals surface area contributed by atoms with Crippen molar-refractivity contribution in [1.29, 1.82) is 0 Å². The summed E-state index contributed by atoms with van der Waals surface area (Å²) in [6.07, 6.45) is 2.33. The van der Waals surface area contributed by atoms with E-state index >= 15 is 0 Å². The molecule has 0 spiro atoms. The molecule has 2 bridgehead atoms. The van der Waals surface area contributed by atoms with E-state index < -0.39 is 0 Å². The van der Waals surface area contributed by atoms with E-state index in [4.69, 9.17) is 0 Å². The molecular weight excluding hydrogens is 369 g/mol. The Balaban J connectivity index is 1.94. The van der Waals surface area contributed by atoms with Gasteiger partial charge in [0.15, 0.2) is 0 Å². The van der Waals surface area contributed by atoms with Gasteiger partial charge in [0.1, 0.15) is 0 Å². The molecule has 0 saturated carbocycles. The molecular formula is C19H14IN. The topological polar surface area (TPSA) is 4.93 Å². The Morgan fingerprint density at radius 2 is 1.24 bits per heavy atom. The molecule has 21 heavy (non-hydrogen) atoms. The number of rotatable bonds is 0. The highest BCUT2D eigenvalue weighted by molar-refractivity contribution is 14.1. The lowest BCUT2D eigenvalue weighted by molar-refractivity contribution is 0.758. The normalized spacial score (nSPS) is 20.9. The van der Waals surface area contributed by atoms with Crippen LogP contribution < -0.4 is 0 Å². The second-order valence-electron chi connectivity index (χ2n) is 6.02. The van der Waals surface area contributed by atoms with Gasteiger partial charge < -0.3 is 4.57 Å². The first-order valence-corrected chi connectivity index (χ1v) is 8.37. The third kappa shape index (κ3) is 1.37. The molecule has 2 heteroatoms. The molecule has 3 aliphatic carbocycles. The number of nitrogens with zero attached hydrogens (tertiary/aromatic N) is 1. The van der Waals surface area contributed by atoms with Crippen molar-refractivity contribution >= 4 is 22.6 Å². The molecule has 102 valence electrons. The SMILES string of the molecule is Cn1cc2c(c1I)C1c3ccccc3C2c2ccccc21. The predicted molar refractivity (Wildman–Crippen MR) is 92.9 cm³/mol. The molecule has 2 aromatic carbocycles. The smallest absolute Gasteiger partial charge is 0.0840 e. The van der Waals surface area contributed by atoms with Crippen molar-refractivity contribution in [3.05, 3.63) is 91.8 Å². The van der Waals surface area contributed by atoms with Crippen LogP contribution in [0.5, 0.6) is 0 Å². The summed E-state index contributed by atoms with van der Waals surface area (Å²) in [5.41, 5.74) is 9.02. The van der Waals surface area contributed by atoms with Gasteiger partial charge in [-0.05, 0) is 56.0 Å². The minimum Gasteiger partial charge on any atom is -0.346 e. The first-order chi connectivity index (χ1) is 10.3. The molecule has 0 unspecified atom stereocenters. The molecule has 0 fully saturated rings. The summed E-state index contributed by atoms with van der Waals surface area (Å²) in [4.78, 5) is 0. The van der Waals surface area contributed by atoms with Gasteiger partial charge in [-0.3, -0.25) is 0 Å². The van der Waals surface area contributed by atoms with Crippen molar-refractivity contribution in [2.24, 2.45) is 7.05 Å². The van der Waals surface area contributed by atoms with Gasteiger partial charge in [-0.15, -0.1) is 0 Å². The van der Waals surface area contributed by atoms with Gasteiger partial charge in [0.05, 0.1) is 3.70 Å². The van der Waals surface area contributed by atoms with E-state index in [1.165, 1.54) is 37.1 Å². The maximum atomic E-state index is 2.50. The Labute approximate surface area is 137 Å². The fraction of sp³-hybridized carbons (Fsp3) is 0.158. The van der Waals surface area contributed by atoms with Gasteiger partial charge in [0, 0.05) is 25.1 Å². The van der Waals surface area contributed by atoms with Crippen LogP contribution in [0.2, 0.25) is 0 Å². The van der Waals surface area contributed by atoms with Crippen LogP contribution in [-0.4, -0.2) is 4.57 Å². The van der Waals surface area contributed by atoms with E-state index in [0.717, 1.165) is 0 Å². The van der Waals surface area contributed by atoms with Crippen molar-refractivity contribution < 1.29 is 0 Å². The second kappa shape index (κ2) is 4.01. The van der Waals surface area contributed by atoms with E-state index in [1.807, 2.05) is 0 Å². The van der Waals surface area contributed by atoms with Crippen LogP contribution in [-0.2, 0) is 7.05 Å². The summed E-state index contributed by atoms with van der Waals surface area (Å²) in [6, 6.07) is 18.0. The van der Waals surface area contributed by atoms with Crippen molar-refractivity contribution in [3.8, 4) is 0 Å². The minimum absolute atomic E-state index is 0.408. The molecule has 0 aliphatic heterocycles. The summed E-state index contributed by atoms with van der Waals surface area (Å²) in [5.74, 6) is 0.817. The molecule has 0 saturated heterocycles. The number of benzene rings is 2. The van der Waals surface area contributed by atoms with Crippen LogP contribution in [0.25, 0.3) is 0 Å². The standard InChI is InChI=1S/C19H14IN/c1-21-10-15-16-11-6-2-4-8-13(11)17(18(15)19(21)20)14-9-5-3-7-12(14)16/h2-10,16-17H,1H3. The molecule has 3 aliphatic rings. The van der Waals surface area contributed by atoms with Gasteiger partial charge in [-0.2, -0.15) is 0 Å². The average molecular weight is 383 g/mol. The summed E-state index contributed by atoms with van der Waals surface area (Å²) >= 11 is 2.50. The van der Waals surface area contributed by atoms with Crippen molar-refractivity contribution in [3.63, 3.8) is 0 Å². The molecule has 6 rings (SSSR count). The Kier molecular flexibility index (Phi) is 2.30. The van der Waals surface area contributed by atoms with Crippen LogP contribution in [0.1, 0.15) is 45.2 Å². The molecule has 0 radical (unpaired) electrons. The van der Waals surface area contributed by atoms with Crippen LogP contribution >= 0.6 is 22.6 Å². The van der Waals surface area contributed by atoms with E-state index in [2.05, 4.69) is 88.9 Å². The lowest BCUT2D eigenvalue weighted by atomic mass is 9.62. The molecule has 3 aromatic rings. The van der Waals surface area contributed by atoms with E-state index in [9.17, 15) is 0 Å². The minimum atomic E-state index is 0.408. The number of hydrogen-bond donors (Lipinski definition) is 0. The average Bonchev–Trinajstić information content (AvgIpc) is 2.83. The predicted octanol–water partition coefficient (Wildman–Crippen LogP) is 4.62. The van der Waals surface area contributed by atoms with Gasteiger partial charge in [0.2, 0.25) is 0 Å². The number of aromatic nitrogens is 1. The summed E-state index contributed by atoms with van der Waals surface area (Å²) in [5, 5.41) is 0. The first-order valence-electron chi connectivity index (χ1n) is 7.29. The summed E-state index contributed by atoms with van der Waals surface area (Å²) in [7, 11) is 2.16. The molecule has 1 heterocycles. The fourth-order valence-corrected chi connectivity index (χ4v) is 4.98. The largest absolute Gasteiger partial charge is 0.346 e. The maximum absolute atomic E-state index is 2.50. The molecule has 1 nitrogen and oxygen atoms in total. The zero-order valence-electron chi connectivity index (χ0n) is 11.7. The zero-order valence-corrected chi connectivity index (χ0v) is 13.8. The molecule has 1 aromatic heterocycles. The third-order valence-corrected chi connectivity index (χ3v) is 6.35. The quantitative estimate of drug-likeness (QED) is 0.344.